The van der Waals surface area contributed by atoms with Crippen LogP contribution in [0.3, 0.4) is 0 Å². The van der Waals surface area contributed by atoms with Gasteiger partial charge < -0.3 is 19.7 Å². The number of methoxy groups -OCH3 is 1. The van der Waals surface area contributed by atoms with Gasteiger partial charge in [-0.2, -0.15) is 0 Å². The van der Waals surface area contributed by atoms with Crippen molar-refractivity contribution in [2.75, 3.05) is 27.4 Å². The van der Waals surface area contributed by atoms with E-state index >= 15 is 0 Å². The molecule has 0 aromatic rings. The summed E-state index contributed by atoms with van der Waals surface area (Å²) in [5.74, 6) is 47.9. The molecule has 1 aliphatic heterocycles. The monoisotopic (exact) mass is 660 g/mol. The molecular weight excluding hydrogens is 630 g/mol. The van der Waals surface area contributed by atoms with Gasteiger partial charge >= 0.3 is 7.82 Å². The number of phosphoric ester groups is 1. The minimum Gasteiger partial charge on any atom is -0.382 e. The summed E-state index contributed by atoms with van der Waals surface area (Å²) in [6, 6.07) is 1.97. The molecule has 1 aliphatic rings. The molecule has 0 bridgehead atoms. The van der Waals surface area contributed by atoms with Crippen LogP contribution in [0.1, 0.15) is 32.6 Å². The van der Waals surface area contributed by atoms with E-state index < -0.39 is 26.0 Å². The van der Waals surface area contributed by atoms with E-state index in [2.05, 4.69) is 134 Å². The van der Waals surface area contributed by atoms with E-state index in [1.165, 1.54) is 7.11 Å². The molecule has 234 valence electrons. The van der Waals surface area contributed by atoms with Crippen molar-refractivity contribution < 1.29 is 28.0 Å². The highest BCUT2D eigenvalue weighted by molar-refractivity contribution is 7.80. The Morgan fingerprint density at radius 1 is 0.872 bits per heavy atom. The van der Waals surface area contributed by atoms with E-state index in [1.807, 2.05) is 12.2 Å². The Bertz CT molecular complexity index is 1810. The predicted molar refractivity (Wildman–Crippen MR) is 186 cm³/mol. The summed E-state index contributed by atoms with van der Waals surface area (Å²) in [5, 5.41) is 6.20. The first-order chi connectivity index (χ1) is 22.8. The fourth-order valence-electron chi connectivity index (χ4n) is 3.44. The van der Waals surface area contributed by atoms with Crippen LogP contribution in [0.15, 0.2) is 12.2 Å². The summed E-state index contributed by atoms with van der Waals surface area (Å²) in [6.45, 7) is 2.53. The van der Waals surface area contributed by atoms with Gasteiger partial charge in [0.2, 0.25) is 0 Å². The van der Waals surface area contributed by atoms with Crippen LogP contribution in [0.25, 0.3) is 0 Å². The fourth-order valence-corrected chi connectivity index (χ4v) is 4.28. The molecule has 11 heteroatoms. The normalized spacial score (nSPS) is 17.5. The Morgan fingerprint density at radius 3 is 1.91 bits per heavy atom. The summed E-state index contributed by atoms with van der Waals surface area (Å²) < 4.78 is 32.7. The Balaban J connectivity index is 2.29. The first kappa shape index (κ1) is 40.1. The first-order valence-electron chi connectivity index (χ1n) is 13.9. The van der Waals surface area contributed by atoms with Crippen LogP contribution in [-0.2, 0) is 23.1 Å². The average Bonchev–Trinajstić information content (AvgIpc) is 3.33. The van der Waals surface area contributed by atoms with Crippen LogP contribution in [-0.4, -0.2) is 63.4 Å². The molecular formula is C36H30BN2O6PS. The summed E-state index contributed by atoms with van der Waals surface area (Å²) in [7, 11) is 4.49. The van der Waals surface area contributed by atoms with Gasteiger partial charge in [-0.05, 0) is 92.2 Å². The number of hydrogen-bond acceptors (Lipinski definition) is 6. The number of allylic oxidation sites excluding steroid dienone is 2. The van der Waals surface area contributed by atoms with E-state index in [4.69, 9.17) is 34.1 Å². The van der Waals surface area contributed by atoms with E-state index in [0.717, 1.165) is 26.4 Å². The second-order valence-corrected chi connectivity index (χ2v) is 10.6. The highest BCUT2D eigenvalue weighted by Gasteiger charge is 2.45. The van der Waals surface area contributed by atoms with Crippen LogP contribution in [0.2, 0.25) is 0 Å². The smallest absolute Gasteiger partial charge is 0.382 e. The van der Waals surface area contributed by atoms with Gasteiger partial charge in [-0.15, -0.1) is 0 Å². The highest BCUT2D eigenvalue weighted by Crippen LogP contribution is 2.48. The number of nitrogens with one attached hydrogen (secondary N) is 2. The zero-order chi connectivity index (χ0) is 34.4. The molecule has 0 amide bonds. The van der Waals surface area contributed by atoms with Crippen LogP contribution in [0.4, 0.5) is 0 Å². The number of unbranched alkanes of at least 4 members (excludes halogenated alkanes) is 2. The minimum atomic E-state index is -4.22. The molecule has 1 heterocycles. The number of ether oxygens (including phenoxy) is 2. The molecule has 0 saturated carbocycles. The van der Waals surface area contributed by atoms with Crippen molar-refractivity contribution in [2.24, 2.45) is 5.92 Å². The Morgan fingerprint density at radius 2 is 1.40 bits per heavy atom. The molecule has 8 nitrogen and oxygen atoms in total. The molecule has 1 saturated heterocycles. The van der Waals surface area contributed by atoms with Crippen LogP contribution >= 0.6 is 20.0 Å². The van der Waals surface area contributed by atoms with Crippen molar-refractivity contribution in [3.8, 4) is 119 Å². The molecule has 2 unspecified atom stereocenters. The third-order valence-electron chi connectivity index (χ3n) is 5.44. The van der Waals surface area contributed by atoms with Crippen molar-refractivity contribution in [1.82, 2.24) is 10.6 Å². The standard InChI is InChI=1S/C36H30BN2O6PS/c1-4-5-6-7-8-9-10-11-12-13-14-15-16-17-18-19-20-23-26-29-38-36(47)39-30-27-24-21-22-25-28-32-34(45-46(40,41)43-3)33(31-42-2)44-35(32)37/h22,25,32-35H,21,24,27-28,30-31H2,1-3H3,(H,40,41)(H2,38,39,47)/b25-22+/t32-,33+,34?,35+/m0/s1. The molecule has 0 aromatic heterocycles. The Hall–Kier alpha value is -4.88. The lowest BCUT2D eigenvalue weighted by atomic mass is 9.82. The maximum atomic E-state index is 12.0. The van der Waals surface area contributed by atoms with Crippen molar-refractivity contribution in [1.29, 1.82) is 0 Å². The van der Waals surface area contributed by atoms with Gasteiger partial charge in [0, 0.05) is 97.9 Å². The molecule has 47 heavy (non-hydrogen) atoms. The van der Waals surface area contributed by atoms with Gasteiger partial charge in [-0.3, -0.25) is 14.4 Å². The largest absolute Gasteiger partial charge is 0.472 e. The lowest BCUT2D eigenvalue weighted by Crippen LogP contribution is -2.32. The number of hydrogen-bond donors (Lipinski definition) is 3. The molecule has 0 spiro atoms. The molecule has 0 aromatic carbocycles. The summed E-state index contributed by atoms with van der Waals surface area (Å²) >= 11 is 5.19. The molecule has 1 fully saturated rings. The Labute approximate surface area is 285 Å². The van der Waals surface area contributed by atoms with Crippen molar-refractivity contribution >= 4 is 33.0 Å². The van der Waals surface area contributed by atoms with Crippen LogP contribution < -0.4 is 10.6 Å². The third kappa shape index (κ3) is 20.7. The van der Waals surface area contributed by atoms with Gasteiger partial charge in [0.05, 0.1) is 6.61 Å². The van der Waals surface area contributed by atoms with Crippen LogP contribution in [0, 0.1) is 124 Å². The van der Waals surface area contributed by atoms with Gasteiger partial charge in [-0.25, -0.2) is 4.57 Å². The molecule has 2 radical (unpaired) electrons. The highest BCUT2D eigenvalue weighted by atomic mass is 32.1. The quantitative estimate of drug-likeness (QED) is 0.0552. The number of thiocarbonyl (C=S) groups is 1. The van der Waals surface area contributed by atoms with Crippen molar-refractivity contribution in [3.63, 3.8) is 0 Å². The van der Waals surface area contributed by atoms with Crippen molar-refractivity contribution in [2.45, 2.75) is 50.8 Å². The first-order valence-corrected chi connectivity index (χ1v) is 15.8. The zero-order valence-electron chi connectivity index (χ0n) is 26.1. The lowest BCUT2D eigenvalue weighted by Gasteiger charge is -2.24. The predicted octanol–water partition coefficient (Wildman–Crippen LogP) is 1.87. The van der Waals surface area contributed by atoms with Crippen LogP contribution in [0.5, 0.6) is 0 Å². The summed E-state index contributed by atoms with van der Waals surface area (Å²) in [4.78, 5) is 9.77. The third-order valence-corrected chi connectivity index (χ3v) is 6.66. The fraction of sp³-hybridized carbons (Fsp3) is 0.361. The van der Waals surface area contributed by atoms with E-state index in [1.54, 1.807) is 6.92 Å². The average molecular weight is 660 g/mol. The van der Waals surface area contributed by atoms with Gasteiger partial charge in [0.25, 0.3) is 0 Å². The summed E-state index contributed by atoms with van der Waals surface area (Å²) in [5.41, 5.74) is 0. The Kier molecular flexibility index (Phi) is 22.5. The topological polar surface area (TPSA) is 98.3 Å². The van der Waals surface area contributed by atoms with Gasteiger partial charge in [-0.1, -0.05) is 18.1 Å². The SMILES string of the molecule is [B][C@@H]1O[C@H](COC)C(OP(=O)(O)OC)[C@@H]1C/C=C/CCCCNC(=S)NC#CC#CC#CC#CC#CC#CC#CC#CC#CC#CC. The van der Waals surface area contributed by atoms with E-state index in [-0.39, 0.29) is 12.5 Å². The molecule has 3 N–H and O–H groups in total. The molecule has 5 atom stereocenters. The second-order valence-electron chi connectivity index (χ2n) is 8.69. The van der Waals surface area contributed by atoms with Gasteiger partial charge in [0.1, 0.15) is 20.1 Å². The minimum absolute atomic E-state index is 0.174. The lowest BCUT2D eigenvalue weighted by molar-refractivity contribution is -0.0192. The maximum absolute atomic E-state index is 12.0. The molecule has 0 aliphatic carbocycles. The number of phosphoric acid groups is 1. The summed E-state index contributed by atoms with van der Waals surface area (Å²) in [6.07, 6.45) is 5.79. The van der Waals surface area contributed by atoms with Gasteiger partial charge in [0.15, 0.2) is 5.11 Å². The number of rotatable bonds is 12. The second kappa shape index (κ2) is 26.4. The van der Waals surface area contributed by atoms with E-state index in [0.29, 0.717) is 18.1 Å². The zero-order valence-corrected chi connectivity index (χ0v) is 27.8. The van der Waals surface area contributed by atoms with E-state index in [9.17, 15) is 9.46 Å². The molecule has 1 rings (SSSR count). The maximum Gasteiger partial charge on any atom is 0.472 e. The van der Waals surface area contributed by atoms with Crippen molar-refractivity contribution in [3.05, 3.63) is 12.2 Å².